The molecule has 0 bridgehead atoms. The number of carbonyl (C=O) groups is 1. The lowest BCUT2D eigenvalue weighted by Gasteiger charge is -2.21. The summed E-state index contributed by atoms with van der Waals surface area (Å²) in [5, 5.41) is 14.4. The summed E-state index contributed by atoms with van der Waals surface area (Å²) in [6.07, 6.45) is 0.714. The van der Waals surface area contributed by atoms with Gasteiger partial charge in [0.05, 0.1) is 16.0 Å². The van der Waals surface area contributed by atoms with Crippen molar-refractivity contribution in [3.8, 4) is 0 Å². The van der Waals surface area contributed by atoms with Crippen molar-refractivity contribution in [1.82, 2.24) is 5.32 Å². The summed E-state index contributed by atoms with van der Waals surface area (Å²) in [6, 6.07) is 1.64. The molecule has 3 nitrogen and oxygen atoms in total. The summed E-state index contributed by atoms with van der Waals surface area (Å²) in [5.74, 6) is -1.33. The fourth-order valence-corrected chi connectivity index (χ4v) is 2.51. The van der Waals surface area contributed by atoms with Crippen LogP contribution < -0.4 is 10.4 Å². The number of carbonyl (C=O) groups excluding carboxylic acids is 1. The molecule has 0 radical (unpaired) electrons. The highest BCUT2D eigenvalue weighted by Crippen LogP contribution is 2.32. The van der Waals surface area contributed by atoms with Crippen LogP contribution >= 0.6 is 23.2 Å². The Bertz CT molecular complexity index is 432. The van der Waals surface area contributed by atoms with Crippen LogP contribution in [-0.4, -0.2) is 12.5 Å². The van der Waals surface area contributed by atoms with Gasteiger partial charge in [-0.1, -0.05) is 23.2 Å². The van der Waals surface area contributed by atoms with Gasteiger partial charge in [0.25, 0.3) is 0 Å². The second kappa shape index (κ2) is 4.00. The van der Waals surface area contributed by atoms with Crippen molar-refractivity contribution in [1.29, 1.82) is 0 Å². The summed E-state index contributed by atoms with van der Waals surface area (Å²) < 4.78 is 0. The Kier molecular flexibility index (Phi) is 2.87. The predicted octanol–water partition coefficient (Wildman–Crippen LogP) is 1.00. The van der Waals surface area contributed by atoms with Gasteiger partial charge in [-0.3, -0.25) is 0 Å². The first-order chi connectivity index (χ1) is 7.11. The van der Waals surface area contributed by atoms with Crippen molar-refractivity contribution < 1.29 is 9.90 Å². The van der Waals surface area contributed by atoms with Crippen molar-refractivity contribution in [2.75, 3.05) is 6.54 Å². The molecule has 0 fully saturated rings. The zero-order chi connectivity index (χ0) is 11.0. The fraction of sp³-hybridized carbons (Fsp3) is 0.300. The number of hydrogen-bond acceptors (Lipinski definition) is 3. The Hall–Kier alpha value is -0.770. The average Bonchev–Trinajstić information content (AvgIpc) is 2.17. The third kappa shape index (κ3) is 1.83. The molecule has 0 aliphatic carbocycles. The summed E-state index contributed by atoms with van der Waals surface area (Å²) in [4.78, 5) is 10.8. The van der Waals surface area contributed by atoms with E-state index in [0.29, 0.717) is 13.0 Å². The molecule has 1 heterocycles. The Labute approximate surface area is 97.0 Å². The molecular weight excluding hydrogens is 237 g/mol. The van der Waals surface area contributed by atoms with E-state index in [0.717, 1.165) is 17.7 Å². The minimum atomic E-state index is -1.33. The number of benzene rings is 1. The quantitative estimate of drug-likeness (QED) is 0.803. The van der Waals surface area contributed by atoms with Crippen LogP contribution in [0, 0.1) is 0 Å². The number of aromatic carboxylic acids is 1. The lowest BCUT2D eigenvalue weighted by molar-refractivity contribution is -0.255. The molecule has 5 heteroatoms. The molecule has 0 atom stereocenters. The van der Waals surface area contributed by atoms with Gasteiger partial charge in [-0.2, -0.15) is 0 Å². The number of carboxylic acid groups (broad SMARTS) is 1. The number of rotatable bonds is 1. The predicted molar refractivity (Wildman–Crippen MR) is 56.2 cm³/mol. The molecule has 0 spiro atoms. The Morgan fingerprint density at radius 3 is 2.87 bits per heavy atom. The summed E-state index contributed by atoms with van der Waals surface area (Å²) in [7, 11) is 0. The van der Waals surface area contributed by atoms with Crippen LogP contribution in [0.1, 0.15) is 21.5 Å². The van der Waals surface area contributed by atoms with Crippen LogP contribution in [0.15, 0.2) is 6.07 Å². The highest BCUT2D eigenvalue weighted by Gasteiger charge is 2.18. The van der Waals surface area contributed by atoms with Gasteiger partial charge in [-0.25, -0.2) is 0 Å². The van der Waals surface area contributed by atoms with Crippen LogP contribution in [0.5, 0.6) is 0 Å². The summed E-state index contributed by atoms with van der Waals surface area (Å²) in [5.41, 5.74) is 1.72. The normalized spacial score (nSPS) is 14.8. The van der Waals surface area contributed by atoms with Gasteiger partial charge < -0.3 is 15.2 Å². The highest BCUT2D eigenvalue weighted by molar-refractivity contribution is 6.39. The highest BCUT2D eigenvalue weighted by atomic mass is 35.5. The molecule has 1 aliphatic rings. The Morgan fingerprint density at radius 1 is 1.47 bits per heavy atom. The van der Waals surface area contributed by atoms with E-state index < -0.39 is 5.97 Å². The lowest BCUT2D eigenvalue weighted by Crippen LogP contribution is -2.27. The van der Waals surface area contributed by atoms with Gasteiger partial charge in [0.15, 0.2) is 0 Å². The van der Waals surface area contributed by atoms with E-state index in [1.807, 2.05) is 0 Å². The minimum Gasteiger partial charge on any atom is -0.545 e. The van der Waals surface area contributed by atoms with Gasteiger partial charge in [0, 0.05) is 12.1 Å². The zero-order valence-corrected chi connectivity index (χ0v) is 9.28. The first kappa shape index (κ1) is 10.7. The number of nitrogens with one attached hydrogen (secondary N) is 1. The average molecular weight is 245 g/mol. The number of hydrogen-bond donors (Lipinski definition) is 1. The standard InChI is InChI=1S/C10H9Cl2NO2/c11-7-3-5-4-13-2-1-6(5)9(12)8(7)10(14)15/h3,13H,1-2,4H2,(H,14,15)/p-1. The van der Waals surface area contributed by atoms with Gasteiger partial charge >= 0.3 is 0 Å². The van der Waals surface area contributed by atoms with Crippen LogP contribution in [0.2, 0.25) is 10.0 Å². The maximum absolute atomic E-state index is 10.8. The summed E-state index contributed by atoms with van der Waals surface area (Å²) >= 11 is 11.8. The van der Waals surface area contributed by atoms with Crippen molar-refractivity contribution in [3.05, 3.63) is 32.8 Å². The van der Waals surface area contributed by atoms with Crippen LogP contribution in [0.25, 0.3) is 0 Å². The second-order valence-electron chi connectivity index (χ2n) is 3.40. The van der Waals surface area contributed by atoms with Gasteiger partial charge in [0.2, 0.25) is 0 Å². The molecule has 0 saturated carbocycles. The number of halogens is 2. The molecule has 1 N–H and O–H groups in total. The Balaban J connectivity index is 2.64. The third-order valence-corrected chi connectivity index (χ3v) is 3.20. The van der Waals surface area contributed by atoms with Crippen LogP contribution in [-0.2, 0) is 13.0 Å². The molecule has 80 valence electrons. The molecule has 1 aromatic carbocycles. The molecule has 15 heavy (non-hydrogen) atoms. The van der Waals surface area contributed by atoms with Crippen molar-refractivity contribution in [3.63, 3.8) is 0 Å². The maximum atomic E-state index is 10.8. The lowest BCUT2D eigenvalue weighted by atomic mass is 9.98. The smallest absolute Gasteiger partial charge is 0.0745 e. The van der Waals surface area contributed by atoms with E-state index in [-0.39, 0.29) is 15.6 Å². The van der Waals surface area contributed by atoms with Crippen molar-refractivity contribution >= 4 is 29.2 Å². The van der Waals surface area contributed by atoms with Gasteiger partial charge in [-0.05, 0) is 30.2 Å². The van der Waals surface area contributed by atoms with E-state index in [4.69, 9.17) is 23.2 Å². The second-order valence-corrected chi connectivity index (χ2v) is 4.18. The first-order valence-corrected chi connectivity index (χ1v) is 5.28. The zero-order valence-electron chi connectivity index (χ0n) is 7.77. The van der Waals surface area contributed by atoms with E-state index >= 15 is 0 Å². The van der Waals surface area contributed by atoms with E-state index in [9.17, 15) is 9.90 Å². The van der Waals surface area contributed by atoms with E-state index in [1.54, 1.807) is 6.07 Å². The van der Waals surface area contributed by atoms with E-state index in [1.165, 1.54) is 0 Å². The number of carboxylic acids is 1. The van der Waals surface area contributed by atoms with Crippen molar-refractivity contribution in [2.45, 2.75) is 13.0 Å². The van der Waals surface area contributed by atoms with Gasteiger partial charge in [0.1, 0.15) is 0 Å². The monoisotopic (exact) mass is 244 g/mol. The number of fused-ring (bicyclic) bond motifs is 1. The topological polar surface area (TPSA) is 52.2 Å². The summed E-state index contributed by atoms with van der Waals surface area (Å²) in [6.45, 7) is 1.46. The molecule has 1 aromatic rings. The van der Waals surface area contributed by atoms with E-state index in [2.05, 4.69) is 5.32 Å². The molecule has 0 saturated heterocycles. The minimum absolute atomic E-state index is 0.0982. The van der Waals surface area contributed by atoms with Crippen LogP contribution in [0.4, 0.5) is 0 Å². The van der Waals surface area contributed by atoms with Crippen molar-refractivity contribution in [2.24, 2.45) is 0 Å². The molecule has 1 aliphatic heterocycles. The largest absolute Gasteiger partial charge is 0.545 e. The molecule has 0 unspecified atom stereocenters. The molecule has 0 amide bonds. The Morgan fingerprint density at radius 2 is 2.20 bits per heavy atom. The fourth-order valence-electron chi connectivity index (χ4n) is 1.76. The SMILES string of the molecule is O=C([O-])c1c(Cl)cc2c(c1Cl)CCNC2. The van der Waals surface area contributed by atoms with Crippen LogP contribution in [0.3, 0.4) is 0 Å². The molecule has 2 rings (SSSR count). The maximum Gasteiger partial charge on any atom is 0.0745 e. The van der Waals surface area contributed by atoms with Gasteiger partial charge in [-0.15, -0.1) is 0 Å². The third-order valence-electron chi connectivity index (χ3n) is 2.48. The molecular formula is C10H8Cl2NO2-. The first-order valence-electron chi connectivity index (χ1n) is 4.53. The molecule has 0 aromatic heterocycles.